The third-order valence-corrected chi connectivity index (χ3v) is 2.24. The molecule has 0 spiro atoms. The second-order valence-corrected chi connectivity index (χ2v) is 4.00. The number of hydrogen-bond acceptors (Lipinski definition) is 4. The molecule has 6 N–H and O–H groups in total. The zero-order valence-corrected chi connectivity index (χ0v) is 11.4. The molecule has 0 aliphatic heterocycles. The minimum absolute atomic E-state index is 0.308. The molecule has 22 heavy (non-hydrogen) atoms. The van der Waals surface area contributed by atoms with Gasteiger partial charge in [0, 0.05) is 24.3 Å². The highest BCUT2D eigenvalue weighted by Gasteiger charge is 2.06. The first-order valence-corrected chi connectivity index (χ1v) is 6.04. The molecule has 0 saturated heterocycles. The van der Waals surface area contributed by atoms with Crippen molar-refractivity contribution >= 4 is 35.0 Å². The standard InChI is InChI=1S/C14H14N4O4/c15-11(19)5-7-13(21)17-9-3-1-2-4-10(9)18-14(22)8-6-12(16)20/h1-8H,(H2,15,19)(H2,16,20)(H,17,21)(H,18,22). The summed E-state index contributed by atoms with van der Waals surface area (Å²) in [5, 5.41) is 4.94. The lowest BCUT2D eigenvalue weighted by Gasteiger charge is -2.09. The fourth-order valence-electron chi connectivity index (χ4n) is 1.37. The minimum Gasteiger partial charge on any atom is -0.366 e. The molecule has 8 heteroatoms. The lowest BCUT2D eigenvalue weighted by Crippen LogP contribution is -2.15. The van der Waals surface area contributed by atoms with Crippen LogP contribution < -0.4 is 22.1 Å². The van der Waals surface area contributed by atoms with Gasteiger partial charge in [-0.25, -0.2) is 0 Å². The van der Waals surface area contributed by atoms with Crippen LogP contribution in [0.25, 0.3) is 0 Å². The fraction of sp³-hybridized carbons (Fsp3) is 0. The van der Waals surface area contributed by atoms with Gasteiger partial charge in [0.25, 0.3) is 0 Å². The van der Waals surface area contributed by atoms with E-state index < -0.39 is 23.6 Å². The van der Waals surface area contributed by atoms with E-state index in [0.29, 0.717) is 11.4 Å². The van der Waals surface area contributed by atoms with Crippen LogP contribution in [0.5, 0.6) is 0 Å². The second kappa shape index (κ2) is 8.00. The van der Waals surface area contributed by atoms with Gasteiger partial charge in [-0.05, 0) is 12.1 Å². The van der Waals surface area contributed by atoms with Crippen molar-refractivity contribution in [2.45, 2.75) is 0 Å². The molecular weight excluding hydrogens is 288 g/mol. The molecule has 0 atom stereocenters. The van der Waals surface area contributed by atoms with Crippen molar-refractivity contribution in [3.8, 4) is 0 Å². The molecule has 1 aromatic rings. The first-order valence-electron chi connectivity index (χ1n) is 6.04. The summed E-state index contributed by atoms with van der Waals surface area (Å²) in [5.74, 6) is -2.69. The minimum atomic E-state index is -0.756. The third-order valence-electron chi connectivity index (χ3n) is 2.24. The number of carbonyl (C=O) groups is 4. The molecule has 0 bridgehead atoms. The SMILES string of the molecule is NC(=O)C=CC(=O)Nc1ccccc1NC(=O)C=CC(N)=O. The van der Waals surface area contributed by atoms with Crippen LogP contribution in [0.3, 0.4) is 0 Å². The molecule has 0 radical (unpaired) electrons. The van der Waals surface area contributed by atoms with Crippen LogP contribution in [0.15, 0.2) is 48.6 Å². The van der Waals surface area contributed by atoms with Gasteiger partial charge in [-0.1, -0.05) is 12.1 Å². The lowest BCUT2D eigenvalue weighted by atomic mass is 10.2. The summed E-state index contributed by atoms with van der Waals surface area (Å²) in [6.45, 7) is 0. The number of anilines is 2. The Morgan fingerprint density at radius 3 is 1.41 bits per heavy atom. The Labute approximate surface area is 125 Å². The van der Waals surface area contributed by atoms with Crippen molar-refractivity contribution in [1.29, 1.82) is 0 Å². The van der Waals surface area contributed by atoms with Crippen molar-refractivity contribution < 1.29 is 19.2 Å². The van der Waals surface area contributed by atoms with Crippen LogP contribution in [0.2, 0.25) is 0 Å². The molecule has 0 fully saturated rings. The first-order chi connectivity index (χ1) is 10.4. The molecule has 8 nitrogen and oxygen atoms in total. The van der Waals surface area contributed by atoms with Crippen molar-refractivity contribution in [3.63, 3.8) is 0 Å². The van der Waals surface area contributed by atoms with E-state index in [0.717, 1.165) is 24.3 Å². The van der Waals surface area contributed by atoms with E-state index in [4.69, 9.17) is 11.5 Å². The number of amides is 4. The molecule has 0 aliphatic carbocycles. The number of primary amides is 2. The summed E-state index contributed by atoms with van der Waals surface area (Å²) in [6, 6.07) is 6.37. The molecule has 0 aromatic heterocycles. The maximum Gasteiger partial charge on any atom is 0.248 e. The zero-order valence-electron chi connectivity index (χ0n) is 11.4. The molecule has 1 rings (SSSR count). The van der Waals surface area contributed by atoms with Crippen molar-refractivity contribution in [1.82, 2.24) is 0 Å². The predicted octanol–water partition coefficient (Wildman–Crippen LogP) is -0.353. The quantitative estimate of drug-likeness (QED) is 0.532. The van der Waals surface area contributed by atoms with Gasteiger partial charge in [0.1, 0.15) is 0 Å². The van der Waals surface area contributed by atoms with E-state index in [1.54, 1.807) is 24.3 Å². The van der Waals surface area contributed by atoms with Gasteiger partial charge in [0.15, 0.2) is 0 Å². The van der Waals surface area contributed by atoms with Crippen molar-refractivity contribution in [2.24, 2.45) is 11.5 Å². The average molecular weight is 302 g/mol. The highest BCUT2D eigenvalue weighted by molar-refractivity contribution is 6.08. The number of rotatable bonds is 6. The summed E-state index contributed by atoms with van der Waals surface area (Å²) in [4.78, 5) is 44.2. The number of nitrogens with one attached hydrogen (secondary N) is 2. The van der Waals surface area contributed by atoms with Gasteiger partial charge in [-0.15, -0.1) is 0 Å². The van der Waals surface area contributed by atoms with E-state index in [1.807, 2.05) is 0 Å². The van der Waals surface area contributed by atoms with Gasteiger partial charge in [0.05, 0.1) is 11.4 Å². The normalized spacial score (nSPS) is 10.5. The molecule has 0 saturated carbocycles. The van der Waals surface area contributed by atoms with Gasteiger partial charge in [0.2, 0.25) is 23.6 Å². The van der Waals surface area contributed by atoms with Gasteiger partial charge in [-0.2, -0.15) is 0 Å². The van der Waals surface area contributed by atoms with E-state index in [1.165, 1.54) is 0 Å². The fourth-order valence-corrected chi connectivity index (χ4v) is 1.37. The third kappa shape index (κ3) is 6.15. The monoisotopic (exact) mass is 302 g/mol. The lowest BCUT2D eigenvalue weighted by molar-refractivity contribution is -0.115. The zero-order chi connectivity index (χ0) is 16.5. The number of hydrogen-bond donors (Lipinski definition) is 4. The van der Waals surface area contributed by atoms with E-state index >= 15 is 0 Å². The maximum atomic E-state index is 11.6. The molecule has 114 valence electrons. The topological polar surface area (TPSA) is 144 Å². The van der Waals surface area contributed by atoms with E-state index in [2.05, 4.69) is 10.6 Å². The van der Waals surface area contributed by atoms with Crippen molar-refractivity contribution in [2.75, 3.05) is 10.6 Å². The number of carbonyl (C=O) groups excluding carboxylic acids is 4. The Morgan fingerprint density at radius 1 is 0.727 bits per heavy atom. The van der Waals surface area contributed by atoms with Crippen LogP contribution >= 0.6 is 0 Å². The van der Waals surface area contributed by atoms with Crippen LogP contribution in [0, 0.1) is 0 Å². The largest absolute Gasteiger partial charge is 0.366 e. The smallest absolute Gasteiger partial charge is 0.248 e. The average Bonchev–Trinajstić information content (AvgIpc) is 2.45. The summed E-state index contributed by atoms with van der Waals surface area (Å²) < 4.78 is 0. The maximum absolute atomic E-state index is 11.6. The Bertz CT molecular complexity index is 608. The second-order valence-electron chi connectivity index (χ2n) is 4.00. The number of para-hydroxylation sites is 2. The number of nitrogens with two attached hydrogens (primary N) is 2. The Balaban J connectivity index is 2.81. The Morgan fingerprint density at radius 2 is 1.09 bits per heavy atom. The first kappa shape index (κ1) is 16.6. The summed E-state index contributed by atoms with van der Waals surface area (Å²) in [7, 11) is 0. The summed E-state index contributed by atoms with van der Waals surface area (Å²) >= 11 is 0. The Kier molecular flexibility index (Phi) is 6.05. The highest BCUT2D eigenvalue weighted by atomic mass is 16.2. The van der Waals surface area contributed by atoms with Gasteiger partial charge in [-0.3, -0.25) is 19.2 Å². The molecule has 0 unspecified atom stereocenters. The Hall–Kier alpha value is -3.42. The van der Waals surface area contributed by atoms with Crippen LogP contribution in [0.1, 0.15) is 0 Å². The van der Waals surface area contributed by atoms with Crippen LogP contribution in [0.4, 0.5) is 11.4 Å². The van der Waals surface area contributed by atoms with Gasteiger partial charge < -0.3 is 22.1 Å². The number of benzene rings is 1. The molecule has 4 amide bonds. The molecule has 0 aliphatic rings. The van der Waals surface area contributed by atoms with E-state index in [9.17, 15) is 19.2 Å². The van der Waals surface area contributed by atoms with Gasteiger partial charge >= 0.3 is 0 Å². The predicted molar refractivity (Wildman–Crippen MR) is 80.4 cm³/mol. The van der Waals surface area contributed by atoms with E-state index in [-0.39, 0.29) is 0 Å². The summed E-state index contributed by atoms with van der Waals surface area (Å²) in [6.07, 6.45) is 3.75. The molecule has 1 aromatic carbocycles. The summed E-state index contributed by atoms with van der Waals surface area (Å²) in [5.41, 5.74) is 10.4. The molecule has 0 heterocycles. The van der Waals surface area contributed by atoms with Crippen LogP contribution in [-0.4, -0.2) is 23.6 Å². The highest BCUT2D eigenvalue weighted by Crippen LogP contribution is 2.20. The molecular formula is C14H14N4O4. The van der Waals surface area contributed by atoms with Crippen LogP contribution in [-0.2, 0) is 19.2 Å². The van der Waals surface area contributed by atoms with Crippen molar-refractivity contribution in [3.05, 3.63) is 48.6 Å².